The van der Waals surface area contributed by atoms with E-state index < -0.39 is 10.8 Å². The fourth-order valence-electron chi connectivity index (χ4n) is 0.904. The normalized spacial score (nSPS) is 12.9. The zero-order valence-electron chi connectivity index (χ0n) is 6.63. The van der Waals surface area contributed by atoms with Gasteiger partial charge in [-0.3, -0.25) is 4.21 Å². The molecule has 0 amide bonds. The number of rotatable bonds is 1. The van der Waals surface area contributed by atoms with Gasteiger partial charge in [0, 0.05) is 6.26 Å². The average Bonchev–Trinajstić information content (AvgIpc) is 1.94. The van der Waals surface area contributed by atoms with Crippen molar-refractivity contribution < 1.29 is 4.21 Å². The van der Waals surface area contributed by atoms with Crippen LogP contribution in [0.5, 0.6) is 0 Å². The van der Waals surface area contributed by atoms with Crippen molar-refractivity contribution in [3.05, 3.63) is 23.8 Å². The van der Waals surface area contributed by atoms with Gasteiger partial charge in [-0.2, -0.15) is 0 Å². The van der Waals surface area contributed by atoms with Crippen LogP contribution < -0.4 is 5.73 Å². The van der Waals surface area contributed by atoms with Crippen molar-refractivity contribution >= 4 is 16.5 Å². The summed E-state index contributed by atoms with van der Waals surface area (Å²) in [7, 11) is -0.976. The molecule has 0 bridgehead atoms. The lowest BCUT2D eigenvalue weighted by molar-refractivity contribution is 0.687. The molecule has 0 aromatic heterocycles. The summed E-state index contributed by atoms with van der Waals surface area (Å²) in [5, 5.41) is 0. The van der Waals surface area contributed by atoms with E-state index in [1.54, 1.807) is 12.3 Å². The molecule has 60 valence electrons. The third-order valence-corrected chi connectivity index (χ3v) is 2.57. The molecule has 0 unspecified atom stereocenters. The van der Waals surface area contributed by atoms with E-state index in [4.69, 9.17) is 5.73 Å². The van der Waals surface area contributed by atoms with Crippen LogP contribution in [0.15, 0.2) is 23.1 Å². The van der Waals surface area contributed by atoms with E-state index in [0.29, 0.717) is 5.69 Å². The highest BCUT2D eigenvalue weighted by atomic mass is 32.2. The van der Waals surface area contributed by atoms with Gasteiger partial charge in [0.25, 0.3) is 0 Å². The summed E-state index contributed by atoms with van der Waals surface area (Å²) < 4.78 is 11.0. The van der Waals surface area contributed by atoms with Crippen LogP contribution in [0.3, 0.4) is 0 Å². The fourth-order valence-corrected chi connectivity index (χ4v) is 1.65. The Morgan fingerprint density at radius 3 is 2.55 bits per heavy atom. The minimum atomic E-state index is -0.976. The summed E-state index contributed by atoms with van der Waals surface area (Å²) in [4.78, 5) is 0.727. The van der Waals surface area contributed by atoms with Gasteiger partial charge < -0.3 is 5.73 Å². The minimum Gasteiger partial charge on any atom is -0.398 e. The van der Waals surface area contributed by atoms with Gasteiger partial charge in [0.05, 0.1) is 21.4 Å². The molecular weight excluding hydrogens is 158 g/mol. The average molecular weight is 169 g/mol. The molecule has 11 heavy (non-hydrogen) atoms. The van der Waals surface area contributed by atoms with Gasteiger partial charge in [-0.1, -0.05) is 12.1 Å². The standard InChI is InChI=1S/C8H11NOS/c1-6-4-3-5-7(8(6)9)11(2)10/h3-5H,9H2,1-2H3/t11-/m1/s1. The van der Waals surface area contributed by atoms with Crippen molar-refractivity contribution in [1.82, 2.24) is 0 Å². The number of anilines is 1. The predicted molar refractivity (Wildman–Crippen MR) is 47.9 cm³/mol. The monoisotopic (exact) mass is 169 g/mol. The molecule has 2 nitrogen and oxygen atoms in total. The van der Waals surface area contributed by atoms with E-state index in [1.807, 2.05) is 19.1 Å². The first kappa shape index (κ1) is 8.27. The first-order valence-corrected chi connectivity index (χ1v) is 4.87. The van der Waals surface area contributed by atoms with Gasteiger partial charge in [0.2, 0.25) is 0 Å². The molecule has 1 atom stereocenters. The summed E-state index contributed by atoms with van der Waals surface area (Å²) in [6.45, 7) is 1.91. The molecule has 3 heteroatoms. The third-order valence-electron chi connectivity index (χ3n) is 1.59. The number of nitrogen functional groups attached to an aromatic ring is 1. The molecule has 0 aliphatic carbocycles. The number of aryl methyl sites for hydroxylation is 1. The molecule has 0 aliphatic heterocycles. The maximum Gasteiger partial charge on any atom is 0.0617 e. The highest BCUT2D eigenvalue weighted by Crippen LogP contribution is 2.18. The SMILES string of the molecule is Cc1cccc([S@@](C)=O)c1N. The molecule has 0 spiro atoms. The van der Waals surface area contributed by atoms with Crippen molar-refractivity contribution in [2.75, 3.05) is 12.0 Å². The lowest BCUT2D eigenvalue weighted by Gasteiger charge is -2.03. The largest absolute Gasteiger partial charge is 0.398 e. The lowest BCUT2D eigenvalue weighted by Crippen LogP contribution is -1.97. The van der Waals surface area contributed by atoms with E-state index in [2.05, 4.69) is 0 Å². The Morgan fingerprint density at radius 1 is 1.45 bits per heavy atom. The van der Waals surface area contributed by atoms with E-state index >= 15 is 0 Å². The lowest BCUT2D eigenvalue weighted by atomic mass is 10.2. The molecule has 1 rings (SSSR count). The Bertz CT molecular complexity index is 296. The van der Waals surface area contributed by atoms with E-state index in [0.717, 1.165) is 10.5 Å². The first-order chi connectivity index (χ1) is 5.13. The quantitative estimate of drug-likeness (QED) is 0.644. The van der Waals surface area contributed by atoms with Gasteiger partial charge >= 0.3 is 0 Å². The molecule has 0 saturated carbocycles. The maximum atomic E-state index is 11.0. The zero-order chi connectivity index (χ0) is 8.43. The maximum absolute atomic E-state index is 11.0. The van der Waals surface area contributed by atoms with Crippen molar-refractivity contribution in [2.45, 2.75) is 11.8 Å². The van der Waals surface area contributed by atoms with Crippen LogP contribution in [0, 0.1) is 6.92 Å². The summed E-state index contributed by atoms with van der Waals surface area (Å²) in [5.74, 6) is 0. The molecule has 0 radical (unpaired) electrons. The highest BCUT2D eigenvalue weighted by molar-refractivity contribution is 7.84. The van der Waals surface area contributed by atoms with Crippen LogP contribution in [0.4, 0.5) is 5.69 Å². The Morgan fingerprint density at radius 2 is 2.09 bits per heavy atom. The summed E-state index contributed by atoms with van der Waals surface area (Å²) in [6.07, 6.45) is 1.63. The fraction of sp³-hybridized carbons (Fsp3) is 0.250. The van der Waals surface area contributed by atoms with Crippen molar-refractivity contribution in [1.29, 1.82) is 0 Å². The van der Waals surface area contributed by atoms with Crippen molar-refractivity contribution in [2.24, 2.45) is 0 Å². The van der Waals surface area contributed by atoms with Crippen LogP contribution in [0.1, 0.15) is 5.56 Å². The number of para-hydroxylation sites is 1. The number of benzene rings is 1. The molecule has 1 aromatic carbocycles. The first-order valence-electron chi connectivity index (χ1n) is 3.31. The van der Waals surface area contributed by atoms with E-state index in [1.165, 1.54) is 0 Å². The molecule has 0 aliphatic rings. The van der Waals surface area contributed by atoms with Gasteiger partial charge in [0.1, 0.15) is 0 Å². The summed E-state index contributed by atoms with van der Waals surface area (Å²) in [6, 6.07) is 5.56. The predicted octanol–water partition coefficient (Wildman–Crippen LogP) is 1.31. The topological polar surface area (TPSA) is 43.1 Å². The second-order valence-electron chi connectivity index (χ2n) is 2.44. The Kier molecular flexibility index (Phi) is 2.29. The van der Waals surface area contributed by atoms with Gasteiger partial charge in [0.15, 0.2) is 0 Å². The van der Waals surface area contributed by atoms with Crippen LogP contribution in [0.25, 0.3) is 0 Å². The second-order valence-corrected chi connectivity index (χ2v) is 3.79. The molecule has 0 heterocycles. The Hall–Kier alpha value is -0.830. The summed E-state index contributed by atoms with van der Waals surface area (Å²) >= 11 is 0. The third kappa shape index (κ3) is 1.60. The van der Waals surface area contributed by atoms with Gasteiger partial charge in [-0.05, 0) is 18.6 Å². The second kappa shape index (κ2) is 3.05. The van der Waals surface area contributed by atoms with Crippen LogP contribution in [0.2, 0.25) is 0 Å². The highest BCUT2D eigenvalue weighted by Gasteiger charge is 2.03. The summed E-state index contributed by atoms with van der Waals surface area (Å²) in [5.41, 5.74) is 7.32. The minimum absolute atomic E-state index is 0.647. The van der Waals surface area contributed by atoms with E-state index in [9.17, 15) is 4.21 Å². The Labute approximate surface area is 68.9 Å². The van der Waals surface area contributed by atoms with Gasteiger partial charge in [-0.15, -0.1) is 0 Å². The van der Waals surface area contributed by atoms with Gasteiger partial charge in [-0.25, -0.2) is 0 Å². The smallest absolute Gasteiger partial charge is 0.0617 e. The van der Waals surface area contributed by atoms with Crippen LogP contribution in [-0.2, 0) is 10.8 Å². The van der Waals surface area contributed by atoms with E-state index in [-0.39, 0.29) is 0 Å². The number of nitrogens with two attached hydrogens (primary N) is 1. The van der Waals surface area contributed by atoms with Crippen molar-refractivity contribution in [3.8, 4) is 0 Å². The number of hydrogen-bond acceptors (Lipinski definition) is 2. The Balaban J connectivity index is 3.27. The van der Waals surface area contributed by atoms with Crippen LogP contribution >= 0.6 is 0 Å². The molecule has 0 saturated heterocycles. The number of hydrogen-bond donors (Lipinski definition) is 1. The molecule has 1 aromatic rings. The zero-order valence-corrected chi connectivity index (χ0v) is 7.44. The molecular formula is C8H11NOS. The molecule has 0 fully saturated rings. The van der Waals surface area contributed by atoms with Crippen LogP contribution in [-0.4, -0.2) is 10.5 Å². The molecule has 2 N–H and O–H groups in total. The van der Waals surface area contributed by atoms with Crippen molar-refractivity contribution in [3.63, 3.8) is 0 Å².